The van der Waals surface area contributed by atoms with E-state index in [1.807, 2.05) is 13.8 Å². The second-order valence-corrected chi connectivity index (χ2v) is 12.7. The molecule has 4 fully saturated rings. The molecule has 11 nitrogen and oxygen atoms in total. The van der Waals surface area contributed by atoms with Gasteiger partial charge in [-0.05, 0) is 19.8 Å². The molecule has 5 aliphatic rings. The molecule has 5 aliphatic heterocycles. The van der Waals surface area contributed by atoms with E-state index in [0.717, 1.165) is 12.3 Å². The zero-order chi connectivity index (χ0) is 25.7. The molecule has 1 unspecified atom stereocenters. The number of amides is 3. The standard InChI is InChI=1S/C23H34N6O5S2/c1-10-17-16(11(2)27-20(30)15-8-35-9-26-15)22(32)29(17)18(23(33)34)19(10)36-13-5-14(25-6-13)21(31)28-4-3-12(24)7-28/h10-17,25-26H,3-9,24H2,1-2H3,(H,27,30)(H,33,34)/t10-,11?,12-,13+,14+,15+,16-,17-/m1/s1. The van der Waals surface area contributed by atoms with Crippen LogP contribution in [0.4, 0.5) is 0 Å². The van der Waals surface area contributed by atoms with Crippen LogP contribution in [0, 0.1) is 11.8 Å². The molecule has 5 heterocycles. The van der Waals surface area contributed by atoms with E-state index in [1.165, 1.54) is 16.7 Å². The molecule has 36 heavy (non-hydrogen) atoms. The number of likely N-dealkylation sites (tertiary alicyclic amines) is 1. The predicted molar refractivity (Wildman–Crippen MR) is 137 cm³/mol. The molecule has 0 spiro atoms. The molecule has 4 saturated heterocycles. The summed E-state index contributed by atoms with van der Waals surface area (Å²) in [5, 5.41) is 19.4. The number of rotatable bonds is 7. The van der Waals surface area contributed by atoms with Gasteiger partial charge in [-0.1, -0.05) is 6.92 Å². The van der Waals surface area contributed by atoms with Crippen molar-refractivity contribution in [3.63, 3.8) is 0 Å². The van der Waals surface area contributed by atoms with E-state index in [9.17, 15) is 24.3 Å². The molecule has 8 atom stereocenters. The summed E-state index contributed by atoms with van der Waals surface area (Å²) in [6.07, 6.45) is 1.41. The van der Waals surface area contributed by atoms with Crippen LogP contribution in [-0.4, -0.2) is 105 Å². The van der Waals surface area contributed by atoms with Crippen molar-refractivity contribution in [1.82, 2.24) is 25.8 Å². The minimum Gasteiger partial charge on any atom is -0.477 e. The topological polar surface area (TPSA) is 157 Å². The first kappa shape index (κ1) is 25.8. The van der Waals surface area contributed by atoms with Gasteiger partial charge in [-0.25, -0.2) is 4.79 Å². The van der Waals surface area contributed by atoms with Crippen LogP contribution in [-0.2, 0) is 19.2 Å². The summed E-state index contributed by atoms with van der Waals surface area (Å²) in [6, 6.07) is -1.25. The van der Waals surface area contributed by atoms with E-state index in [1.54, 1.807) is 16.7 Å². The van der Waals surface area contributed by atoms with Crippen molar-refractivity contribution in [3.8, 4) is 0 Å². The lowest BCUT2D eigenvalue weighted by Crippen LogP contribution is -2.66. The van der Waals surface area contributed by atoms with Gasteiger partial charge >= 0.3 is 5.97 Å². The SMILES string of the molecule is CC(NC(=O)[C@@H]1CSCN1)[C@H]1C(=O)N2C(C(=O)O)=C(S[C@@H]3CN[C@H](C(=O)N4CC[C@@H](N)C4)C3)[C@H](C)[C@H]12. The third-order valence-corrected chi connectivity index (χ3v) is 10.4. The van der Waals surface area contributed by atoms with Crippen molar-refractivity contribution in [2.24, 2.45) is 17.6 Å². The number of β-lactam (4-membered cyclic amide) rings is 1. The highest BCUT2D eigenvalue weighted by Crippen LogP contribution is 2.51. The fraction of sp³-hybridized carbons (Fsp3) is 0.739. The molecule has 0 aromatic rings. The third-order valence-electron chi connectivity index (χ3n) is 7.95. The molecule has 0 aromatic carbocycles. The zero-order valence-corrected chi connectivity index (χ0v) is 22.1. The second kappa shape index (κ2) is 10.2. The molecule has 3 amide bonds. The number of carbonyl (C=O) groups is 4. The Hall–Kier alpha value is -1.80. The van der Waals surface area contributed by atoms with Crippen molar-refractivity contribution in [2.75, 3.05) is 31.3 Å². The van der Waals surface area contributed by atoms with E-state index >= 15 is 0 Å². The molecule has 0 aromatic heterocycles. The maximum Gasteiger partial charge on any atom is 0.353 e. The molecule has 198 valence electrons. The summed E-state index contributed by atoms with van der Waals surface area (Å²) < 4.78 is 0. The Labute approximate surface area is 218 Å². The van der Waals surface area contributed by atoms with Gasteiger partial charge in [0.25, 0.3) is 0 Å². The minimum atomic E-state index is -1.12. The van der Waals surface area contributed by atoms with Gasteiger partial charge in [-0.2, -0.15) is 0 Å². The first-order chi connectivity index (χ1) is 17.2. The average molecular weight is 539 g/mol. The Morgan fingerprint density at radius 3 is 2.69 bits per heavy atom. The van der Waals surface area contributed by atoms with Crippen LogP contribution in [0.25, 0.3) is 0 Å². The van der Waals surface area contributed by atoms with Crippen LogP contribution in [0.5, 0.6) is 0 Å². The summed E-state index contributed by atoms with van der Waals surface area (Å²) in [4.78, 5) is 54.7. The number of nitrogens with zero attached hydrogens (tertiary/aromatic N) is 2. The average Bonchev–Trinajstić information content (AvgIpc) is 3.62. The van der Waals surface area contributed by atoms with Gasteiger partial charge in [0.1, 0.15) is 5.70 Å². The summed E-state index contributed by atoms with van der Waals surface area (Å²) in [5.41, 5.74) is 6.00. The van der Waals surface area contributed by atoms with Crippen LogP contribution < -0.4 is 21.7 Å². The second-order valence-electron chi connectivity index (χ2n) is 10.4. The highest BCUT2D eigenvalue weighted by Gasteiger charge is 2.60. The number of carboxylic acid groups (broad SMARTS) is 1. The maximum atomic E-state index is 13.1. The number of hydrogen-bond acceptors (Lipinski definition) is 9. The molecule has 0 saturated carbocycles. The first-order valence-electron chi connectivity index (χ1n) is 12.5. The Kier molecular flexibility index (Phi) is 7.29. The van der Waals surface area contributed by atoms with E-state index in [0.29, 0.717) is 36.7 Å². The van der Waals surface area contributed by atoms with Crippen molar-refractivity contribution in [3.05, 3.63) is 10.6 Å². The van der Waals surface area contributed by atoms with Crippen molar-refractivity contribution in [2.45, 2.75) is 62.1 Å². The minimum absolute atomic E-state index is 0.0253. The van der Waals surface area contributed by atoms with Gasteiger partial charge in [0.2, 0.25) is 17.7 Å². The number of thioether (sulfide) groups is 2. The molecular weight excluding hydrogens is 504 g/mol. The molecule has 0 radical (unpaired) electrons. The molecule has 6 N–H and O–H groups in total. The van der Waals surface area contributed by atoms with Gasteiger partial charge in [-0.15, -0.1) is 23.5 Å². The van der Waals surface area contributed by atoms with Crippen molar-refractivity contribution >= 4 is 47.2 Å². The summed E-state index contributed by atoms with van der Waals surface area (Å²) in [6.45, 7) is 5.61. The van der Waals surface area contributed by atoms with Gasteiger partial charge in [0.15, 0.2) is 0 Å². The molecule has 0 bridgehead atoms. The number of fused-ring (bicyclic) bond motifs is 1. The van der Waals surface area contributed by atoms with E-state index in [4.69, 9.17) is 5.73 Å². The normalized spacial score (nSPS) is 36.8. The highest BCUT2D eigenvalue weighted by molar-refractivity contribution is 8.03. The van der Waals surface area contributed by atoms with Crippen molar-refractivity contribution in [1.29, 1.82) is 0 Å². The molecular formula is C23H34N6O5S2. The number of carbonyl (C=O) groups excluding carboxylic acids is 3. The number of aliphatic carboxylic acids is 1. The van der Waals surface area contributed by atoms with Gasteiger partial charge in [0.05, 0.1) is 24.0 Å². The fourth-order valence-electron chi connectivity index (χ4n) is 6.04. The Bertz CT molecular complexity index is 988. The first-order valence-corrected chi connectivity index (χ1v) is 14.6. The smallest absolute Gasteiger partial charge is 0.353 e. The van der Waals surface area contributed by atoms with Gasteiger partial charge < -0.3 is 31.3 Å². The van der Waals surface area contributed by atoms with Crippen LogP contribution in [0.15, 0.2) is 10.6 Å². The summed E-state index contributed by atoms with van der Waals surface area (Å²) in [5.74, 6) is -0.679. The van der Waals surface area contributed by atoms with Crippen LogP contribution >= 0.6 is 23.5 Å². The van der Waals surface area contributed by atoms with E-state index in [-0.39, 0.29) is 58.8 Å². The number of nitrogens with two attached hydrogens (primary N) is 1. The maximum absolute atomic E-state index is 13.1. The van der Waals surface area contributed by atoms with Gasteiger partial charge in [0, 0.05) is 59.4 Å². The largest absolute Gasteiger partial charge is 0.477 e. The molecule has 5 rings (SSSR count). The van der Waals surface area contributed by atoms with Gasteiger partial charge in [-0.3, -0.25) is 19.7 Å². The molecule has 0 aliphatic carbocycles. The highest BCUT2D eigenvalue weighted by atomic mass is 32.2. The summed E-state index contributed by atoms with van der Waals surface area (Å²) in [7, 11) is 0. The number of carboxylic acids is 1. The predicted octanol–water partition coefficient (Wildman–Crippen LogP) is -1.05. The monoisotopic (exact) mass is 538 g/mol. The van der Waals surface area contributed by atoms with Crippen LogP contribution in [0.2, 0.25) is 0 Å². The van der Waals surface area contributed by atoms with Crippen molar-refractivity contribution < 1.29 is 24.3 Å². The Morgan fingerprint density at radius 1 is 1.28 bits per heavy atom. The fourth-order valence-corrected chi connectivity index (χ4v) is 8.46. The van der Waals surface area contributed by atoms with Crippen LogP contribution in [0.3, 0.4) is 0 Å². The Balaban J connectivity index is 1.24. The summed E-state index contributed by atoms with van der Waals surface area (Å²) >= 11 is 3.12. The number of hydrogen-bond donors (Lipinski definition) is 5. The lowest BCUT2D eigenvalue weighted by molar-refractivity contribution is -0.158. The lowest BCUT2D eigenvalue weighted by Gasteiger charge is -2.47. The molecule has 13 heteroatoms. The zero-order valence-electron chi connectivity index (χ0n) is 20.4. The lowest BCUT2D eigenvalue weighted by atomic mass is 9.78. The number of nitrogens with one attached hydrogen (secondary N) is 3. The third kappa shape index (κ3) is 4.53. The van der Waals surface area contributed by atoms with Crippen LogP contribution in [0.1, 0.15) is 26.7 Å². The quantitative estimate of drug-likeness (QED) is 0.253. The van der Waals surface area contributed by atoms with E-state index < -0.39 is 17.9 Å². The van der Waals surface area contributed by atoms with E-state index in [2.05, 4.69) is 16.0 Å². The Morgan fingerprint density at radius 2 is 2.06 bits per heavy atom.